The van der Waals surface area contributed by atoms with E-state index in [4.69, 9.17) is 0 Å². The van der Waals surface area contributed by atoms with E-state index in [0.717, 1.165) is 18.5 Å². The quantitative estimate of drug-likeness (QED) is 0.825. The Balaban J connectivity index is 1.54. The van der Waals surface area contributed by atoms with Crippen LogP contribution in [0.4, 0.5) is 5.69 Å². The first-order valence-electron chi connectivity index (χ1n) is 8.91. The number of nitrogens with one attached hydrogen (secondary N) is 1. The Bertz CT molecular complexity index is 725. The van der Waals surface area contributed by atoms with Gasteiger partial charge in [0, 0.05) is 18.8 Å². The third kappa shape index (κ3) is 4.08. The molecule has 1 saturated heterocycles. The zero-order valence-electron chi connectivity index (χ0n) is 14.6. The van der Waals surface area contributed by atoms with Crippen molar-refractivity contribution in [2.24, 2.45) is 5.92 Å². The molecule has 1 heterocycles. The molecule has 130 valence electrons. The van der Waals surface area contributed by atoms with Gasteiger partial charge in [-0.1, -0.05) is 49.4 Å². The van der Waals surface area contributed by atoms with Gasteiger partial charge in [0.25, 0.3) is 0 Å². The summed E-state index contributed by atoms with van der Waals surface area (Å²) in [4.78, 5) is 26.7. The van der Waals surface area contributed by atoms with Gasteiger partial charge in [0.05, 0.1) is 0 Å². The summed E-state index contributed by atoms with van der Waals surface area (Å²) in [5, 5.41) is 2.91. The molecule has 1 atom stereocenters. The van der Waals surface area contributed by atoms with Crippen LogP contribution in [-0.4, -0.2) is 24.9 Å². The van der Waals surface area contributed by atoms with Crippen LogP contribution in [0.15, 0.2) is 54.6 Å². The molecule has 3 rings (SSSR count). The summed E-state index contributed by atoms with van der Waals surface area (Å²) < 4.78 is 0. The lowest BCUT2D eigenvalue weighted by Gasteiger charge is -2.17. The molecular weight excluding hydrogens is 312 g/mol. The third-order valence-electron chi connectivity index (χ3n) is 4.73. The maximum atomic E-state index is 12.6. The molecule has 0 radical (unpaired) electrons. The van der Waals surface area contributed by atoms with Crippen molar-refractivity contribution in [3.63, 3.8) is 0 Å². The van der Waals surface area contributed by atoms with Crippen LogP contribution in [-0.2, 0) is 22.4 Å². The maximum Gasteiger partial charge on any atom is 0.239 e. The molecule has 0 bridgehead atoms. The van der Waals surface area contributed by atoms with Crippen molar-refractivity contribution in [1.82, 2.24) is 5.32 Å². The Morgan fingerprint density at radius 1 is 1.08 bits per heavy atom. The summed E-state index contributed by atoms with van der Waals surface area (Å²) in [5.74, 6) is -0.823. The zero-order valence-corrected chi connectivity index (χ0v) is 14.6. The first-order valence-corrected chi connectivity index (χ1v) is 8.91. The third-order valence-corrected chi connectivity index (χ3v) is 4.73. The van der Waals surface area contributed by atoms with E-state index in [1.807, 2.05) is 54.6 Å². The summed E-state index contributed by atoms with van der Waals surface area (Å²) in [6.45, 7) is 3.25. The topological polar surface area (TPSA) is 49.4 Å². The van der Waals surface area contributed by atoms with Gasteiger partial charge >= 0.3 is 0 Å². The van der Waals surface area contributed by atoms with Gasteiger partial charge in [-0.15, -0.1) is 0 Å². The van der Waals surface area contributed by atoms with Gasteiger partial charge in [-0.3, -0.25) is 9.59 Å². The van der Waals surface area contributed by atoms with E-state index < -0.39 is 5.92 Å². The molecule has 1 aliphatic rings. The Hall–Kier alpha value is -2.62. The number of anilines is 1. The second-order valence-corrected chi connectivity index (χ2v) is 6.38. The molecule has 4 heteroatoms. The van der Waals surface area contributed by atoms with Crippen molar-refractivity contribution in [3.05, 3.63) is 65.7 Å². The van der Waals surface area contributed by atoms with Gasteiger partial charge in [0.15, 0.2) is 0 Å². The lowest BCUT2D eigenvalue weighted by Crippen LogP contribution is -2.37. The fraction of sp³-hybridized carbons (Fsp3) is 0.333. The van der Waals surface area contributed by atoms with Crippen molar-refractivity contribution < 1.29 is 9.59 Å². The zero-order chi connectivity index (χ0) is 17.6. The van der Waals surface area contributed by atoms with Crippen LogP contribution in [0.3, 0.4) is 0 Å². The van der Waals surface area contributed by atoms with E-state index in [-0.39, 0.29) is 11.8 Å². The molecule has 2 aromatic carbocycles. The molecule has 0 saturated carbocycles. The van der Waals surface area contributed by atoms with E-state index in [9.17, 15) is 9.59 Å². The normalized spacial score (nSPS) is 16.9. The number of nitrogens with zero attached hydrogens (tertiary/aromatic N) is 1. The van der Waals surface area contributed by atoms with Gasteiger partial charge in [-0.25, -0.2) is 0 Å². The first kappa shape index (κ1) is 17.2. The molecule has 2 amide bonds. The molecule has 1 fully saturated rings. The van der Waals surface area contributed by atoms with Gasteiger partial charge in [-0.2, -0.15) is 0 Å². The van der Waals surface area contributed by atoms with E-state index >= 15 is 0 Å². The predicted octanol–water partition coefficient (Wildman–Crippen LogP) is 2.96. The van der Waals surface area contributed by atoms with Crippen molar-refractivity contribution in [2.75, 3.05) is 18.0 Å². The number of rotatable bonds is 6. The Morgan fingerprint density at radius 2 is 1.80 bits per heavy atom. The van der Waals surface area contributed by atoms with E-state index in [1.165, 1.54) is 11.1 Å². The molecule has 0 aliphatic carbocycles. The minimum atomic E-state index is -0.568. The van der Waals surface area contributed by atoms with E-state index in [2.05, 4.69) is 12.2 Å². The van der Waals surface area contributed by atoms with Crippen molar-refractivity contribution >= 4 is 17.5 Å². The average molecular weight is 336 g/mol. The van der Waals surface area contributed by atoms with Gasteiger partial charge in [-0.05, 0) is 42.5 Å². The number of benzene rings is 2. The van der Waals surface area contributed by atoms with E-state index in [0.29, 0.717) is 19.5 Å². The Morgan fingerprint density at radius 3 is 2.48 bits per heavy atom. The van der Waals surface area contributed by atoms with Gasteiger partial charge in [0.1, 0.15) is 5.92 Å². The van der Waals surface area contributed by atoms with Crippen LogP contribution in [0.25, 0.3) is 0 Å². The number of carbonyl (C=O) groups is 2. The molecule has 0 unspecified atom stereocenters. The number of hydrogen-bond donors (Lipinski definition) is 1. The lowest BCUT2D eigenvalue weighted by atomic mass is 10.1. The van der Waals surface area contributed by atoms with Crippen LogP contribution in [0.5, 0.6) is 0 Å². The van der Waals surface area contributed by atoms with Crippen molar-refractivity contribution in [2.45, 2.75) is 26.2 Å². The summed E-state index contributed by atoms with van der Waals surface area (Å²) in [7, 11) is 0. The van der Waals surface area contributed by atoms with Crippen molar-refractivity contribution in [3.8, 4) is 0 Å². The molecule has 0 spiro atoms. The second-order valence-electron chi connectivity index (χ2n) is 6.38. The van der Waals surface area contributed by atoms with E-state index in [1.54, 1.807) is 4.90 Å². The summed E-state index contributed by atoms with van der Waals surface area (Å²) in [6.07, 6.45) is 2.32. The molecule has 1 N–H and O–H groups in total. The molecule has 2 aromatic rings. The Labute approximate surface area is 148 Å². The van der Waals surface area contributed by atoms with Crippen molar-refractivity contribution in [1.29, 1.82) is 0 Å². The highest BCUT2D eigenvalue weighted by Crippen LogP contribution is 2.25. The monoisotopic (exact) mass is 336 g/mol. The summed E-state index contributed by atoms with van der Waals surface area (Å²) in [5.41, 5.74) is 3.30. The van der Waals surface area contributed by atoms with Gasteiger partial charge in [0.2, 0.25) is 11.8 Å². The van der Waals surface area contributed by atoms with Crippen LogP contribution < -0.4 is 10.2 Å². The van der Waals surface area contributed by atoms with Crippen LogP contribution in [0, 0.1) is 5.92 Å². The number of aryl methyl sites for hydroxylation is 1. The smallest absolute Gasteiger partial charge is 0.239 e. The highest BCUT2D eigenvalue weighted by Gasteiger charge is 2.37. The first-order chi connectivity index (χ1) is 12.2. The van der Waals surface area contributed by atoms with Crippen LogP contribution >= 0.6 is 0 Å². The minimum Gasteiger partial charge on any atom is -0.355 e. The molecule has 1 aliphatic heterocycles. The fourth-order valence-corrected chi connectivity index (χ4v) is 3.19. The highest BCUT2D eigenvalue weighted by atomic mass is 16.2. The van der Waals surface area contributed by atoms with Crippen LogP contribution in [0.1, 0.15) is 24.5 Å². The van der Waals surface area contributed by atoms with Gasteiger partial charge < -0.3 is 10.2 Å². The Kier molecular flexibility index (Phi) is 5.49. The standard InChI is InChI=1S/C21H24N2O2/c1-2-16-8-10-18(11-9-16)23-15-13-19(21(23)25)20(24)22-14-12-17-6-4-3-5-7-17/h3-11,19H,2,12-15H2,1H3,(H,22,24)/t19-/m1/s1. The number of carbonyl (C=O) groups excluding carboxylic acids is 2. The SMILES string of the molecule is CCc1ccc(N2CC[C@H](C(=O)NCCc3ccccc3)C2=O)cc1. The summed E-state index contributed by atoms with van der Waals surface area (Å²) in [6, 6.07) is 18.0. The second kappa shape index (κ2) is 7.97. The number of hydrogen-bond acceptors (Lipinski definition) is 2. The largest absolute Gasteiger partial charge is 0.355 e. The molecule has 25 heavy (non-hydrogen) atoms. The predicted molar refractivity (Wildman–Crippen MR) is 99.4 cm³/mol. The minimum absolute atomic E-state index is 0.0959. The lowest BCUT2D eigenvalue weighted by molar-refractivity contribution is -0.132. The molecular formula is C21H24N2O2. The fourth-order valence-electron chi connectivity index (χ4n) is 3.19. The molecule has 0 aromatic heterocycles. The summed E-state index contributed by atoms with van der Waals surface area (Å²) >= 11 is 0. The average Bonchev–Trinajstić information content (AvgIpc) is 3.04. The number of amides is 2. The van der Waals surface area contributed by atoms with Crippen LogP contribution in [0.2, 0.25) is 0 Å². The molecule has 4 nitrogen and oxygen atoms in total. The highest BCUT2D eigenvalue weighted by molar-refractivity contribution is 6.09. The maximum absolute atomic E-state index is 12.6.